The number of para-hydroxylation sites is 1. The molecule has 0 spiro atoms. The summed E-state index contributed by atoms with van der Waals surface area (Å²) in [5.41, 5.74) is 2.74. The predicted octanol–water partition coefficient (Wildman–Crippen LogP) is 4.00. The first-order valence-electron chi connectivity index (χ1n) is 7.83. The molecule has 1 N–H and O–H groups in total. The highest BCUT2D eigenvalue weighted by atomic mass is 16.6. The van der Waals surface area contributed by atoms with Gasteiger partial charge in [-0.1, -0.05) is 18.2 Å². The maximum atomic E-state index is 11.6. The van der Waals surface area contributed by atoms with Gasteiger partial charge >= 0.3 is 5.97 Å². The summed E-state index contributed by atoms with van der Waals surface area (Å²) in [6.07, 6.45) is 0. The van der Waals surface area contributed by atoms with Crippen LogP contribution in [0.3, 0.4) is 0 Å². The quantitative estimate of drug-likeness (QED) is 0.446. The number of hydrogen-bond donors (Lipinski definition) is 1. The maximum absolute atomic E-state index is 11.6. The van der Waals surface area contributed by atoms with Crippen molar-refractivity contribution >= 4 is 33.5 Å². The minimum absolute atomic E-state index is 0.0311. The van der Waals surface area contributed by atoms with Crippen molar-refractivity contribution in [2.45, 2.75) is 0 Å². The summed E-state index contributed by atoms with van der Waals surface area (Å²) < 4.78 is 1.96. The molecule has 0 fully saturated rings. The molecule has 7 nitrogen and oxygen atoms in total. The number of carboxylic acid groups (broad SMARTS) is 1. The Bertz CT molecular complexity index is 1190. The average Bonchev–Trinajstić information content (AvgIpc) is 2.94. The lowest BCUT2D eigenvalue weighted by atomic mass is 10.1. The minimum atomic E-state index is -1.12. The fourth-order valence-corrected chi connectivity index (χ4v) is 3.25. The smallest absolute Gasteiger partial charge is 0.354 e. The molecule has 0 atom stereocenters. The van der Waals surface area contributed by atoms with Gasteiger partial charge in [-0.05, 0) is 24.3 Å². The zero-order valence-corrected chi connectivity index (χ0v) is 13.7. The molecule has 0 saturated heterocycles. The normalized spacial score (nSPS) is 11.1. The number of pyridine rings is 1. The van der Waals surface area contributed by atoms with E-state index in [1.807, 2.05) is 35.9 Å². The highest BCUT2D eigenvalue weighted by molar-refractivity contribution is 6.13. The molecule has 0 bridgehead atoms. The van der Waals surface area contributed by atoms with E-state index in [2.05, 4.69) is 4.98 Å². The topological polar surface area (TPSA) is 98.3 Å². The second-order valence-electron chi connectivity index (χ2n) is 5.94. The van der Waals surface area contributed by atoms with E-state index in [0.717, 1.165) is 21.8 Å². The van der Waals surface area contributed by atoms with Crippen molar-refractivity contribution in [3.63, 3.8) is 0 Å². The second kappa shape index (κ2) is 5.66. The molecule has 2 heterocycles. The van der Waals surface area contributed by atoms with Crippen LogP contribution in [-0.2, 0) is 7.05 Å². The zero-order chi connectivity index (χ0) is 18.4. The third-order valence-corrected chi connectivity index (χ3v) is 4.45. The van der Waals surface area contributed by atoms with Crippen molar-refractivity contribution in [2.24, 2.45) is 7.05 Å². The summed E-state index contributed by atoms with van der Waals surface area (Å²) in [7, 11) is 1.89. The molecule has 0 saturated carbocycles. The predicted molar refractivity (Wildman–Crippen MR) is 97.3 cm³/mol. The number of carboxylic acids is 1. The molecule has 0 aliphatic heterocycles. The molecule has 0 amide bonds. The molecular formula is C19H13N3O4. The van der Waals surface area contributed by atoms with Crippen LogP contribution in [0.15, 0.2) is 54.6 Å². The third kappa shape index (κ3) is 2.29. The van der Waals surface area contributed by atoms with Crippen LogP contribution in [0, 0.1) is 10.1 Å². The van der Waals surface area contributed by atoms with Gasteiger partial charge in [-0.15, -0.1) is 0 Å². The van der Waals surface area contributed by atoms with Gasteiger partial charge in [-0.25, -0.2) is 9.78 Å². The Balaban J connectivity index is 2.10. The lowest BCUT2D eigenvalue weighted by Crippen LogP contribution is -2.03. The highest BCUT2D eigenvalue weighted by Crippen LogP contribution is 2.35. The average molecular weight is 347 g/mol. The molecule has 0 radical (unpaired) electrons. The van der Waals surface area contributed by atoms with E-state index in [1.54, 1.807) is 18.2 Å². The third-order valence-electron chi connectivity index (χ3n) is 4.45. The van der Waals surface area contributed by atoms with Crippen molar-refractivity contribution < 1.29 is 14.8 Å². The SMILES string of the molecule is Cn1c2ccccc2c2cc(C(=O)O)nc(-c3ccc([N+](=O)[O-])cc3)c21. The number of fused-ring (bicyclic) bond motifs is 3. The Labute approximate surface area is 147 Å². The molecule has 0 aliphatic carbocycles. The molecule has 128 valence electrons. The summed E-state index contributed by atoms with van der Waals surface area (Å²) in [4.78, 5) is 26.3. The molecule has 26 heavy (non-hydrogen) atoms. The van der Waals surface area contributed by atoms with Crippen molar-refractivity contribution in [3.05, 3.63) is 70.4 Å². The van der Waals surface area contributed by atoms with Crippen LogP contribution in [0.2, 0.25) is 0 Å². The van der Waals surface area contributed by atoms with Crippen molar-refractivity contribution in [1.82, 2.24) is 9.55 Å². The van der Waals surface area contributed by atoms with E-state index in [0.29, 0.717) is 11.3 Å². The van der Waals surface area contributed by atoms with E-state index in [4.69, 9.17) is 0 Å². The second-order valence-corrected chi connectivity index (χ2v) is 5.94. The highest BCUT2D eigenvalue weighted by Gasteiger charge is 2.19. The molecule has 0 unspecified atom stereocenters. The number of aromatic carboxylic acids is 1. The molecule has 7 heteroatoms. The van der Waals surface area contributed by atoms with Gasteiger partial charge in [-0.3, -0.25) is 10.1 Å². The Kier molecular flexibility index (Phi) is 3.43. The van der Waals surface area contributed by atoms with Crippen LogP contribution >= 0.6 is 0 Å². The number of hydrogen-bond acceptors (Lipinski definition) is 4. The van der Waals surface area contributed by atoms with E-state index >= 15 is 0 Å². The van der Waals surface area contributed by atoms with Crippen LogP contribution in [0.4, 0.5) is 5.69 Å². The number of carbonyl (C=O) groups is 1. The molecule has 0 aliphatic rings. The number of benzene rings is 2. The zero-order valence-electron chi connectivity index (χ0n) is 13.7. The Morgan fingerprint density at radius 3 is 2.46 bits per heavy atom. The van der Waals surface area contributed by atoms with Gasteiger partial charge in [0.05, 0.1) is 16.1 Å². The first-order chi connectivity index (χ1) is 12.5. The molecule has 4 rings (SSSR count). The fourth-order valence-electron chi connectivity index (χ4n) is 3.25. The van der Waals surface area contributed by atoms with E-state index in [-0.39, 0.29) is 11.4 Å². The lowest BCUT2D eigenvalue weighted by Gasteiger charge is -2.07. The molecule has 4 aromatic rings. The number of non-ortho nitro benzene ring substituents is 1. The van der Waals surface area contributed by atoms with Gasteiger partial charge in [0.1, 0.15) is 5.69 Å². The summed E-state index contributed by atoms with van der Waals surface area (Å²) in [5.74, 6) is -1.12. The van der Waals surface area contributed by atoms with Gasteiger partial charge in [0.25, 0.3) is 5.69 Å². The van der Waals surface area contributed by atoms with Gasteiger partial charge < -0.3 is 9.67 Å². The largest absolute Gasteiger partial charge is 0.477 e. The van der Waals surface area contributed by atoms with E-state index in [9.17, 15) is 20.0 Å². The van der Waals surface area contributed by atoms with Gasteiger partial charge in [-0.2, -0.15) is 0 Å². The van der Waals surface area contributed by atoms with Crippen LogP contribution < -0.4 is 0 Å². The number of nitrogens with zero attached hydrogens (tertiary/aromatic N) is 3. The van der Waals surface area contributed by atoms with E-state index < -0.39 is 10.9 Å². The minimum Gasteiger partial charge on any atom is -0.477 e. The Morgan fingerprint density at radius 2 is 1.81 bits per heavy atom. The number of nitro benzene ring substituents is 1. The van der Waals surface area contributed by atoms with Gasteiger partial charge in [0, 0.05) is 41.0 Å². The van der Waals surface area contributed by atoms with Gasteiger partial charge in [0.15, 0.2) is 0 Å². The van der Waals surface area contributed by atoms with Crippen LogP contribution in [0.5, 0.6) is 0 Å². The van der Waals surface area contributed by atoms with Crippen LogP contribution in [-0.4, -0.2) is 25.6 Å². The van der Waals surface area contributed by atoms with Crippen molar-refractivity contribution in [1.29, 1.82) is 0 Å². The van der Waals surface area contributed by atoms with Crippen molar-refractivity contribution in [2.75, 3.05) is 0 Å². The Hall–Kier alpha value is -3.74. The van der Waals surface area contributed by atoms with E-state index in [1.165, 1.54) is 12.1 Å². The maximum Gasteiger partial charge on any atom is 0.354 e. The summed E-state index contributed by atoms with van der Waals surface area (Å²) >= 11 is 0. The summed E-state index contributed by atoms with van der Waals surface area (Å²) in [6.45, 7) is 0. The summed E-state index contributed by atoms with van der Waals surface area (Å²) in [5, 5.41) is 22.0. The molecule has 2 aromatic heterocycles. The Morgan fingerprint density at radius 1 is 1.12 bits per heavy atom. The first-order valence-corrected chi connectivity index (χ1v) is 7.83. The van der Waals surface area contributed by atoms with Crippen LogP contribution in [0.25, 0.3) is 33.1 Å². The number of rotatable bonds is 3. The fraction of sp³-hybridized carbons (Fsp3) is 0.0526. The first kappa shape index (κ1) is 15.8. The molecular weight excluding hydrogens is 334 g/mol. The van der Waals surface area contributed by atoms with Crippen molar-refractivity contribution in [3.8, 4) is 11.3 Å². The molecule has 2 aromatic carbocycles. The number of nitro groups is 1. The number of aryl methyl sites for hydroxylation is 1. The number of aromatic nitrogens is 2. The monoisotopic (exact) mass is 347 g/mol. The summed E-state index contributed by atoms with van der Waals surface area (Å²) in [6, 6.07) is 15.2. The van der Waals surface area contributed by atoms with Gasteiger partial charge in [0.2, 0.25) is 0 Å². The lowest BCUT2D eigenvalue weighted by molar-refractivity contribution is -0.384. The van der Waals surface area contributed by atoms with Crippen LogP contribution in [0.1, 0.15) is 10.5 Å². The standard InChI is InChI=1S/C19H13N3O4/c1-21-16-5-3-2-4-13(16)14-10-15(19(23)24)20-17(18(14)21)11-6-8-12(9-7-11)22(25)26/h2-10H,1H3,(H,23,24).